The summed E-state index contributed by atoms with van der Waals surface area (Å²) in [7, 11) is -1.86. The van der Waals surface area contributed by atoms with Gasteiger partial charge in [-0.3, -0.25) is 0 Å². The molecule has 0 aliphatic rings. The largest absolute Gasteiger partial charge is 0.447 e. The number of nitrogens with zero attached hydrogens (tertiary/aromatic N) is 1. The maximum absolute atomic E-state index is 12.2. The monoisotopic (exact) mass is 270 g/mol. The second-order valence-corrected chi connectivity index (χ2v) is 5.66. The third kappa shape index (κ3) is 3.35. The Kier molecular flexibility index (Phi) is 5.41. The molecule has 0 amide bonds. The quantitative estimate of drug-likeness (QED) is 0.752. The van der Waals surface area contributed by atoms with Gasteiger partial charge in [0.15, 0.2) is 0 Å². The van der Waals surface area contributed by atoms with Crippen molar-refractivity contribution < 1.29 is 12.8 Å². The van der Waals surface area contributed by atoms with Crippen molar-refractivity contribution in [3.8, 4) is 12.3 Å². The molecule has 1 heterocycles. The van der Waals surface area contributed by atoms with Crippen molar-refractivity contribution in [2.24, 2.45) is 0 Å². The molecule has 1 N–H and O–H groups in total. The number of terminal acetylenes is 1. The van der Waals surface area contributed by atoms with E-state index in [1.165, 1.54) is 10.4 Å². The van der Waals surface area contributed by atoms with E-state index < -0.39 is 10.0 Å². The van der Waals surface area contributed by atoms with Gasteiger partial charge in [-0.15, -0.1) is 6.42 Å². The van der Waals surface area contributed by atoms with Gasteiger partial charge in [-0.1, -0.05) is 12.8 Å². The molecule has 1 aromatic heterocycles. The second kappa shape index (κ2) is 6.59. The first kappa shape index (κ1) is 14.8. The summed E-state index contributed by atoms with van der Waals surface area (Å²) in [6.07, 6.45) is 5.89. The van der Waals surface area contributed by atoms with Crippen LogP contribution in [0.15, 0.2) is 21.6 Å². The second-order valence-electron chi connectivity index (χ2n) is 3.79. The number of sulfonamides is 1. The van der Waals surface area contributed by atoms with Crippen molar-refractivity contribution in [2.75, 3.05) is 20.1 Å². The topological polar surface area (TPSA) is 62.6 Å². The molecule has 0 unspecified atom stereocenters. The van der Waals surface area contributed by atoms with Gasteiger partial charge < -0.3 is 9.73 Å². The smallest absolute Gasteiger partial charge is 0.277 e. The minimum atomic E-state index is -3.63. The molecule has 1 aromatic rings. The number of hydrogen-bond donors (Lipinski definition) is 1. The van der Waals surface area contributed by atoms with E-state index in [4.69, 9.17) is 10.8 Å². The van der Waals surface area contributed by atoms with Crippen molar-refractivity contribution in [2.45, 2.75) is 25.0 Å². The summed E-state index contributed by atoms with van der Waals surface area (Å²) in [6.45, 7) is 2.82. The van der Waals surface area contributed by atoms with Crippen LogP contribution in [0.5, 0.6) is 0 Å². The number of nitrogens with one attached hydrogen (secondary N) is 1. The summed E-state index contributed by atoms with van der Waals surface area (Å²) in [5.41, 5.74) is 0. The Morgan fingerprint density at radius 2 is 2.22 bits per heavy atom. The van der Waals surface area contributed by atoms with E-state index >= 15 is 0 Å². The molecule has 1 rings (SSSR count). The van der Waals surface area contributed by atoms with Crippen molar-refractivity contribution in [3.63, 3.8) is 0 Å². The van der Waals surface area contributed by atoms with E-state index in [9.17, 15) is 8.42 Å². The van der Waals surface area contributed by atoms with Crippen molar-refractivity contribution >= 4 is 10.0 Å². The molecule has 100 valence electrons. The molecule has 0 spiro atoms. The molecule has 0 saturated carbocycles. The standard InChI is InChI=1S/C12H18N2O3S/c1-4-8-14(9-5-2)18(15,16)12-7-6-11(17-12)10-13-3/h1,6-7,13H,5,8-10H2,2-3H3. The van der Waals surface area contributed by atoms with Crippen molar-refractivity contribution in [1.82, 2.24) is 9.62 Å². The highest BCUT2D eigenvalue weighted by molar-refractivity contribution is 7.89. The fraction of sp³-hybridized carbons (Fsp3) is 0.500. The molecule has 0 atom stereocenters. The number of hydrogen-bond acceptors (Lipinski definition) is 4. The SMILES string of the molecule is C#CCN(CCC)S(=O)(=O)c1ccc(CNC)o1. The minimum Gasteiger partial charge on any atom is -0.447 e. The summed E-state index contributed by atoms with van der Waals surface area (Å²) in [5.74, 6) is 2.93. The zero-order valence-corrected chi connectivity index (χ0v) is 11.5. The van der Waals surface area contributed by atoms with Gasteiger partial charge in [-0.25, -0.2) is 8.42 Å². The summed E-state index contributed by atoms with van der Waals surface area (Å²) in [4.78, 5) is 0. The van der Waals surface area contributed by atoms with E-state index in [0.29, 0.717) is 25.3 Å². The fourth-order valence-electron chi connectivity index (χ4n) is 1.53. The van der Waals surface area contributed by atoms with Crippen molar-refractivity contribution in [3.05, 3.63) is 17.9 Å². The molecular weight excluding hydrogens is 252 g/mol. The van der Waals surface area contributed by atoms with Gasteiger partial charge in [0.1, 0.15) is 5.76 Å². The van der Waals surface area contributed by atoms with Gasteiger partial charge in [-0.05, 0) is 25.6 Å². The molecule has 18 heavy (non-hydrogen) atoms. The van der Waals surface area contributed by atoms with Crippen LogP contribution in [-0.4, -0.2) is 32.9 Å². The third-order valence-corrected chi connectivity index (χ3v) is 4.04. The maximum atomic E-state index is 12.2. The van der Waals surface area contributed by atoms with Gasteiger partial charge in [0.2, 0.25) is 5.09 Å². The molecule has 0 aliphatic carbocycles. The van der Waals surface area contributed by atoms with Gasteiger partial charge >= 0.3 is 0 Å². The van der Waals surface area contributed by atoms with E-state index in [-0.39, 0.29) is 11.6 Å². The molecule has 0 saturated heterocycles. The first-order valence-corrected chi connectivity index (χ1v) is 7.17. The van der Waals surface area contributed by atoms with Crippen LogP contribution in [0.2, 0.25) is 0 Å². The van der Waals surface area contributed by atoms with E-state index in [0.717, 1.165) is 0 Å². The molecule has 0 radical (unpaired) electrons. The zero-order chi connectivity index (χ0) is 13.6. The zero-order valence-electron chi connectivity index (χ0n) is 10.6. The van der Waals surface area contributed by atoms with Gasteiger partial charge in [0.25, 0.3) is 10.0 Å². The Balaban J connectivity index is 2.98. The lowest BCUT2D eigenvalue weighted by molar-refractivity contribution is 0.377. The van der Waals surface area contributed by atoms with Crippen LogP contribution in [0.25, 0.3) is 0 Å². The first-order chi connectivity index (χ1) is 8.56. The average Bonchev–Trinajstić information content (AvgIpc) is 2.78. The lowest BCUT2D eigenvalue weighted by Crippen LogP contribution is -2.32. The number of furan rings is 1. The fourth-order valence-corrected chi connectivity index (χ4v) is 2.90. The van der Waals surface area contributed by atoms with E-state index in [2.05, 4.69) is 11.2 Å². The predicted molar refractivity (Wildman–Crippen MR) is 69.4 cm³/mol. The van der Waals surface area contributed by atoms with E-state index in [1.54, 1.807) is 13.1 Å². The summed E-state index contributed by atoms with van der Waals surface area (Å²) < 4.78 is 31.0. The highest BCUT2D eigenvalue weighted by Gasteiger charge is 2.26. The Morgan fingerprint density at radius 3 is 2.78 bits per heavy atom. The minimum absolute atomic E-state index is 0.0538. The van der Waals surface area contributed by atoms with Crippen LogP contribution in [0, 0.1) is 12.3 Å². The Bertz CT molecular complexity index is 514. The Hall–Kier alpha value is -1.29. The third-order valence-electron chi connectivity index (χ3n) is 2.32. The highest BCUT2D eigenvalue weighted by atomic mass is 32.2. The predicted octanol–water partition coefficient (Wildman–Crippen LogP) is 1.03. The summed E-state index contributed by atoms with van der Waals surface area (Å²) in [6, 6.07) is 3.10. The average molecular weight is 270 g/mol. The van der Waals surface area contributed by atoms with Crippen LogP contribution in [-0.2, 0) is 16.6 Å². The highest BCUT2D eigenvalue weighted by Crippen LogP contribution is 2.18. The molecule has 6 heteroatoms. The maximum Gasteiger partial charge on any atom is 0.277 e. The Labute approximate surface area is 108 Å². The van der Waals surface area contributed by atoms with Crippen LogP contribution < -0.4 is 5.32 Å². The van der Waals surface area contributed by atoms with Crippen LogP contribution in [0.4, 0.5) is 0 Å². The van der Waals surface area contributed by atoms with Crippen molar-refractivity contribution in [1.29, 1.82) is 0 Å². The first-order valence-electron chi connectivity index (χ1n) is 5.73. The van der Waals surface area contributed by atoms with E-state index in [1.807, 2.05) is 6.92 Å². The summed E-state index contributed by atoms with van der Waals surface area (Å²) >= 11 is 0. The molecule has 0 fully saturated rings. The summed E-state index contributed by atoms with van der Waals surface area (Å²) in [5, 5.41) is 2.83. The molecular formula is C12H18N2O3S. The van der Waals surface area contributed by atoms with Gasteiger partial charge in [0.05, 0.1) is 13.1 Å². The lowest BCUT2D eigenvalue weighted by Gasteiger charge is -2.17. The molecule has 0 aromatic carbocycles. The van der Waals surface area contributed by atoms with Crippen LogP contribution >= 0.6 is 0 Å². The molecule has 5 nitrogen and oxygen atoms in total. The Morgan fingerprint density at radius 1 is 1.50 bits per heavy atom. The molecule has 0 bridgehead atoms. The van der Waals surface area contributed by atoms with Gasteiger partial charge in [-0.2, -0.15) is 4.31 Å². The van der Waals surface area contributed by atoms with Crippen LogP contribution in [0.3, 0.4) is 0 Å². The van der Waals surface area contributed by atoms with Gasteiger partial charge in [0, 0.05) is 6.54 Å². The molecule has 0 aliphatic heterocycles. The van der Waals surface area contributed by atoms with Crippen LogP contribution in [0.1, 0.15) is 19.1 Å². The number of rotatable bonds is 7. The lowest BCUT2D eigenvalue weighted by atomic mass is 10.4. The normalized spacial score (nSPS) is 11.7.